The summed E-state index contributed by atoms with van der Waals surface area (Å²) in [5.74, 6) is -1.94. The largest absolute Gasteiger partial charge is 0.396 e. The summed E-state index contributed by atoms with van der Waals surface area (Å²) < 4.78 is 6.48. The van der Waals surface area contributed by atoms with Gasteiger partial charge in [0.15, 0.2) is 0 Å². The molecule has 0 aromatic heterocycles. The third-order valence-electron chi connectivity index (χ3n) is 7.39. The smallest absolute Gasteiger partial charge is 0.246 e. The number of nitrogens with zero attached hydrogens (tertiary/aromatic N) is 1. The number of carbonyl (C=O) groups is 3. The Kier molecular flexibility index (Phi) is 8.18. The number of alkyl halides is 1. The number of benzene rings is 1. The van der Waals surface area contributed by atoms with E-state index in [0.717, 1.165) is 31.2 Å². The molecule has 4 rings (SSSR count). The highest BCUT2D eigenvalue weighted by atomic mass is 79.9. The van der Waals surface area contributed by atoms with Crippen molar-refractivity contribution < 1.29 is 24.2 Å². The van der Waals surface area contributed by atoms with Crippen LogP contribution in [0.1, 0.15) is 51.5 Å². The molecule has 3 heterocycles. The van der Waals surface area contributed by atoms with Crippen LogP contribution in [0.5, 0.6) is 0 Å². The maximum Gasteiger partial charge on any atom is 0.246 e. The molecule has 1 aromatic carbocycles. The van der Waals surface area contributed by atoms with E-state index in [9.17, 15) is 14.4 Å². The monoisotopic (exact) mass is 549 g/mol. The topological polar surface area (TPSA) is 108 Å². The molecule has 6 atom stereocenters. The molecule has 9 heteroatoms. The lowest BCUT2D eigenvalue weighted by Gasteiger charge is -2.34. The van der Waals surface area contributed by atoms with Crippen molar-refractivity contribution in [3.05, 3.63) is 35.9 Å². The van der Waals surface area contributed by atoms with Gasteiger partial charge in [0.1, 0.15) is 11.6 Å². The maximum absolute atomic E-state index is 13.8. The third kappa shape index (κ3) is 5.00. The molecule has 192 valence electrons. The van der Waals surface area contributed by atoms with Crippen LogP contribution < -0.4 is 10.6 Å². The van der Waals surface area contributed by atoms with Crippen LogP contribution in [0.4, 0.5) is 0 Å². The molecule has 3 saturated heterocycles. The number of unbranched alkanes of at least 4 members (excludes halogenated alkanes) is 3. The molecule has 0 radical (unpaired) electrons. The molecule has 3 aliphatic rings. The van der Waals surface area contributed by atoms with E-state index in [1.165, 1.54) is 0 Å². The summed E-state index contributed by atoms with van der Waals surface area (Å²) >= 11 is 3.69. The summed E-state index contributed by atoms with van der Waals surface area (Å²) in [5, 5.41) is 15.0. The zero-order chi connectivity index (χ0) is 25.2. The first-order valence-electron chi connectivity index (χ1n) is 12.7. The molecule has 3 amide bonds. The molecule has 3 N–H and O–H groups in total. The molecule has 3 unspecified atom stereocenters. The van der Waals surface area contributed by atoms with Crippen LogP contribution in [0.3, 0.4) is 0 Å². The van der Waals surface area contributed by atoms with Crippen molar-refractivity contribution in [2.24, 2.45) is 11.8 Å². The van der Waals surface area contributed by atoms with Crippen LogP contribution in [0, 0.1) is 11.8 Å². The van der Waals surface area contributed by atoms with Crippen LogP contribution in [0.2, 0.25) is 0 Å². The van der Waals surface area contributed by atoms with Crippen molar-refractivity contribution >= 4 is 33.7 Å². The van der Waals surface area contributed by atoms with Gasteiger partial charge in [0.25, 0.3) is 0 Å². The van der Waals surface area contributed by atoms with Gasteiger partial charge in [-0.1, -0.05) is 59.1 Å². The molecule has 3 fully saturated rings. The lowest BCUT2D eigenvalue weighted by atomic mass is 9.70. The van der Waals surface area contributed by atoms with Gasteiger partial charge in [-0.2, -0.15) is 0 Å². The number of hydrogen-bond acceptors (Lipinski definition) is 5. The van der Waals surface area contributed by atoms with Gasteiger partial charge in [0.2, 0.25) is 17.7 Å². The number of hydrogen-bond donors (Lipinski definition) is 3. The second kappa shape index (κ2) is 11.0. The number of aliphatic hydroxyl groups excluding tert-OH is 1. The van der Waals surface area contributed by atoms with E-state index < -0.39 is 29.6 Å². The van der Waals surface area contributed by atoms with Crippen molar-refractivity contribution in [1.29, 1.82) is 0 Å². The van der Waals surface area contributed by atoms with Gasteiger partial charge < -0.3 is 25.4 Å². The minimum Gasteiger partial charge on any atom is -0.396 e. The fourth-order valence-electron chi connectivity index (χ4n) is 5.98. The van der Waals surface area contributed by atoms with E-state index in [1.54, 1.807) is 4.90 Å². The number of halogens is 1. The van der Waals surface area contributed by atoms with Crippen molar-refractivity contribution in [2.45, 2.75) is 81.1 Å². The highest BCUT2D eigenvalue weighted by Gasteiger charge is 2.76. The second-order valence-electron chi connectivity index (χ2n) is 10.2. The summed E-state index contributed by atoms with van der Waals surface area (Å²) in [7, 11) is 0. The Morgan fingerprint density at radius 2 is 1.89 bits per heavy atom. The Morgan fingerprint density at radius 3 is 2.57 bits per heavy atom. The van der Waals surface area contributed by atoms with Crippen molar-refractivity contribution in [3.63, 3.8) is 0 Å². The zero-order valence-corrected chi connectivity index (χ0v) is 22.0. The number of likely N-dealkylation sites (tertiary alicyclic amines) is 1. The van der Waals surface area contributed by atoms with Gasteiger partial charge in [-0.05, 0) is 38.7 Å². The Balaban J connectivity index is 1.57. The van der Waals surface area contributed by atoms with E-state index in [4.69, 9.17) is 9.84 Å². The SMILES string of the molecule is CC(C)NC(=O)C1N(CCCCCCO)C(=O)[C@@H]2[C@H](C(=O)NCc3ccccc3)[C@H]3OC12CC3Br. The molecule has 2 bridgehead atoms. The van der Waals surface area contributed by atoms with Gasteiger partial charge in [-0.25, -0.2) is 0 Å². The molecule has 0 aliphatic carbocycles. The fraction of sp³-hybridized carbons (Fsp3) is 0.654. The minimum absolute atomic E-state index is 0.0807. The fourth-order valence-corrected chi connectivity index (χ4v) is 6.93. The highest BCUT2D eigenvalue weighted by molar-refractivity contribution is 9.09. The first kappa shape index (κ1) is 26.1. The maximum atomic E-state index is 13.8. The van der Waals surface area contributed by atoms with E-state index >= 15 is 0 Å². The Hall–Kier alpha value is -1.97. The molecular weight excluding hydrogens is 514 g/mol. The predicted octanol–water partition coefficient (Wildman–Crippen LogP) is 2.13. The van der Waals surface area contributed by atoms with Crippen LogP contribution >= 0.6 is 15.9 Å². The average molecular weight is 550 g/mol. The first-order valence-corrected chi connectivity index (χ1v) is 13.6. The molecule has 3 aliphatic heterocycles. The zero-order valence-electron chi connectivity index (χ0n) is 20.4. The minimum atomic E-state index is -1.02. The normalized spacial score (nSPS) is 31.2. The van der Waals surface area contributed by atoms with Crippen molar-refractivity contribution in [3.8, 4) is 0 Å². The number of nitrogens with one attached hydrogen (secondary N) is 2. The number of carbonyl (C=O) groups excluding carboxylic acids is 3. The van der Waals surface area contributed by atoms with Gasteiger partial charge in [-0.15, -0.1) is 0 Å². The molecular formula is C26H36BrN3O5. The van der Waals surface area contributed by atoms with E-state index in [-0.39, 0.29) is 35.2 Å². The number of fused-ring (bicyclic) bond motifs is 1. The average Bonchev–Trinajstić information content (AvgIpc) is 3.41. The summed E-state index contributed by atoms with van der Waals surface area (Å²) in [6.45, 7) is 4.73. The van der Waals surface area contributed by atoms with Gasteiger partial charge in [0.05, 0.1) is 17.9 Å². The van der Waals surface area contributed by atoms with Crippen LogP contribution in [-0.4, -0.2) is 69.5 Å². The van der Waals surface area contributed by atoms with Crippen molar-refractivity contribution in [1.82, 2.24) is 15.5 Å². The predicted molar refractivity (Wildman–Crippen MR) is 135 cm³/mol. The highest BCUT2D eigenvalue weighted by Crippen LogP contribution is 2.60. The lowest BCUT2D eigenvalue weighted by Crippen LogP contribution is -2.57. The Bertz CT molecular complexity index is 929. The number of rotatable bonds is 11. The van der Waals surface area contributed by atoms with E-state index in [2.05, 4.69) is 26.6 Å². The number of amides is 3. The Morgan fingerprint density at radius 1 is 1.17 bits per heavy atom. The second-order valence-corrected chi connectivity index (χ2v) is 11.4. The summed E-state index contributed by atoms with van der Waals surface area (Å²) in [4.78, 5) is 42.2. The van der Waals surface area contributed by atoms with Crippen molar-refractivity contribution in [2.75, 3.05) is 13.2 Å². The quantitative estimate of drug-likeness (QED) is 0.289. The van der Waals surface area contributed by atoms with E-state index in [1.807, 2.05) is 44.2 Å². The molecule has 35 heavy (non-hydrogen) atoms. The summed E-state index contributed by atoms with van der Waals surface area (Å²) in [6, 6.07) is 8.80. The number of ether oxygens (including phenoxy) is 1. The Labute approximate surface area is 215 Å². The van der Waals surface area contributed by atoms with Crippen LogP contribution in [0.15, 0.2) is 30.3 Å². The number of aliphatic hydroxyl groups is 1. The van der Waals surface area contributed by atoms with Gasteiger partial charge >= 0.3 is 0 Å². The van der Waals surface area contributed by atoms with Gasteiger partial charge in [0, 0.05) is 30.6 Å². The van der Waals surface area contributed by atoms with E-state index in [0.29, 0.717) is 19.5 Å². The van der Waals surface area contributed by atoms with Crippen LogP contribution in [-0.2, 0) is 25.7 Å². The summed E-state index contributed by atoms with van der Waals surface area (Å²) in [6.07, 6.45) is 3.21. The molecule has 0 saturated carbocycles. The molecule has 1 spiro atoms. The van der Waals surface area contributed by atoms with Gasteiger partial charge in [-0.3, -0.25) is 14.4 Å². The third-order valence-corrected chi connectivity index (χ3v) is 8.23. The lowest BCUT2D eigenvalue weighted by molar-refractivity contribution is -0.142. The summed E-state index contributed by atoms with van der Waals surface area (Å²) in [5.41, 5.74) is -0.0409. The first-order chi connectivity index (χ1) is 16.8. The standard InChI is InChI=1S/C26H36BrN3O5/c1-16(2)29-24(33)22-26-14-18(27)21(35-26)19(23(32)28-15-17-10-6-5-7-11-17)20(26)25(34)30(22)12-8-3-4-9-13-31/h5-7,10-11,16,18-22,31H,3-4,8-9,12-15H2,1-2H3,(H,28,32)(H,29,33)/t18?,19-,20-,21-,22?,26?/m0/s1. The molecule has 8 nitrogen and oxygen atoms in total. The van der Waals surface area contributed by atoms with Crippen LogP contribution in [0.25, 0.3) is 0 Å². The molecule has 1 aromatic rings.